The van der Waals surface area contributed by atoms with E-state index in [2.05, 4.69) is 23.3 Å². The lowest BCUT2D eigenvalue weighted by Crippen LogP contribution is -2.19. The van der Waals surface area contributed by atoms with E-state index in [1.807, 2.05) is 49.4 Å². The minimum Gasteiger partial charge on any atom is -0.493 e. The molecule has 174 valence electrons. The summed E-state index contributed by atoms with van der Waals surface area (Å²) in [6.45, 7) is 4.51. The van der Waals surface area contributed by atoms with Gasteiger partial charge in [-0.15, -0.1) is 0 Å². The fourth-order valence-corrected chi connectivity index (χ4v) is 4.59. The number of thioether (sulfide) groups is 1. The molecule has 1 saturated heterocycles. The van der Waals surface area contributed by atoms with Crippen molar-refractivity contribution >= 4 is 46.2 Å². The standard InChI is InChI=1S/C27H25ClN2O3S/c1-4-18-8-10-21(11-9-18)29-27-30-26(31)24(34-27)15-20-13-22(28)25(23(14-20)32-3)33-16-19-7-5-6-17(2)12-19/h5-15H,4,16H2,1-3H3,(H,29,30,31)/b24-15-. The Hall–Kier alpha value is -3.22. The highest BCUT2D eigenvalue weighted by molar-refractivity contribution is 8.18. The highest BCUT2D eigenvalue weighted by atomic mass is 35.5. The van der Waals surface area contributed by atoms with Crippen molar-refractivity contribution in [2.45, 2.75) is 26.9 Å². The van der Waals surface area contributed by atoms with Crippen molar-refractivity contribution < 1.29 is 14.3 Å². The Bertz CT molecular complexity index is 1270. The molecule has 4 rings (SSSR count). The molecule has 0 saturated carbocycles. The molecule has 0 unspecified atom stereocenters. The second-order valence-electron chi connectivity index (χ2n) is 7.81. The van der Waals surface area contributed by atoms with E-state index in [4.69, 9.17) is 21.1 Å². The molecule has 3 aromatic carbocycles. The van der Waals surface area contributed by atoms with Crippen molar-refractivity contribution in [1.29, 1.82) is 0 Å². The summed E-state index contributed by atoms with van der Waals surface area (Å²) in [5.41, 5.74) is 4.97. The molecule has 1 amide bonds. The van der Waals surface area contributed by atoms with Gasteiger partial charge in [-0.3, -0.25) is 4.79 Å². The van der Waals surface area contributed by atoms with Crippen LogP contribution in [0.5, 0.6) is 11.5 Å². The molecule has 0 spiro atoms. The third kappa shape index (κ3) is 5.82. The van der Waals surface area contributed by atoms with Crippen LogP contribution in [0.2, 0.25) is 5.02 Å². The second kappa shape index (κ2) is 10.8. The normalized spacial score (nSPS) is 15.6. The Morgan fingerprint density at radius 1 is 1.09 bits per heavy atom. The topological polar surface area (TPSA) is 59.9 Å². The molecule has 7 heteroatoms. The number of nitrogens with one attached hydrogen (secondary N) is 1. The summed E-state index contributed by atoms with van der Waals surface area (Å²) < 4.78 is 11.5. The molecular weight excluding hydrogens is 468 g/mol. The van der Waals surface area contributed by atoms with Gasteiger partial charge < -0.3 is 14.8 Å². The van der Waals surface area contributed by atoms with Crippen molar-refractivity contribution in [3.63, 3.8) is 0 Å². The molecule has 0 aromatic heterocycles. The number of benzene rings is 3. The van der Waals surface area contributed by atoms with Gasteiger partial charge in [-0.1, -0.05) is 60.5 Å². The van der Waals surface area contributed by atoms with E-state index in [1.54, 1.807) is 25.3 Å². The molecular formula is C27H25ClN2O3S. The Labute approximate surface area is 208 Å². The van der Waals surface area contributed by atoms with Crippen molar-refractivity contribution in [2.24, 2.45) is 4.99 Å². The Morgan fingerprint density at radius 3 is 2.59 bits per heavy atom. The molecule has 0 atom stereocenters. The van der Waals surface area contributed by atoms with Gasteiger partial charge in [0.15, 0.2) is 16.7 Å². The number of nitrogens with zero attached hydrogens (tertiary/aromatic N) is 1. The smallest absolute Gasteiger partial charge is 0.264 e. The minimum absolute atomic E-state index is 0.205. The van der Waals surface area contributed by atoms with Crippen molar-refractivity contribution in [3.8, 4) is 11.5 Å². The van der Waals surface area contributed by atoms with E-state index in [0.29, 0.717) is 33.2 Å². The molecule has 1 heterocycles. The molecule has 0 aliphatic carbocycles. The lowest BCUT2D eigenvalue weighted by molar-refractivity contribution is -0.115. The predicted octanol–water partition coefficient (Wildman–Crippen LogP) is 6.69. The van der Waals surface area contributed by atoms with Crippen molar-refractivity contribution in [2.75, 3.05) is 7.11 Å². The fraction of sp³-hybridized carbons (Fsp3) is 0.185. The molecule has 1 aliphatic heterocycles. The van der Waals surface area contributed by atoms with E-state index in [0.717, 1.165) is 28.8 Å². The van der Waals surface area contributed by atoms with Crippen LogP contribution in [0.4, 0.5) is 5.69 Å². The van der Waals surface area contributed by atoms with E-state index in [9.17, 15) is 4.79 Å². The van der Waals surface area contributed by atoms with Crippen LogP contribution < -0.4 is 14.8 Å². The molecule has 5 nitrogen and oxygen atoms in total. The summed E-state index contributed by atoms with van der Waals surface area (Å²) in [7, 11) is 1.56. The number of methoxy groups -OCH3 is 1. The molecule has 34 heavy (non-hydrogen) atoms. The lowest BCUT2D eigenvalue weighted by atomic mass is 10.1. The number of hydrogen-bond acceptors (Lipinski definition) is 5. The Kier molecular flexibility index (Phi) is 7.60. The Balaban J connectivity index is 1.52. The van der Waals surface area contributed by atoms with Gasteiger partial charge in [0.25, 0.3) is 5.91 Å². The summed E-state index contributed by atoms with van der Waals surface area (Å²) in [5.74, 6) is 0.762. The predicted molar refractivity (Wildman–Crippen MR) is 140 cm³/mol. The summed E-state index contributed by atoms with van der Waals surface area (Å²) in [4.78, 5) is 17.6. The number of carbonyl (C=O) groups is 1. The van der Waals surface area contributed by atoms with Gasteiger partial charge in [-0.05, 0) is 72.1 Å². The van der Waals surface area contributed by atoms with Gasteiger partial charge >= 0.3 is 0 Å². The number of ether oxygens (including phenoxy) is 2. The number of aryl methyl sites for hydroxylation is 2. The van der Waals surface area contributed by atoms with Gasteiger partial charge in [0.2, 0.25) is 0 Å². The van der Waals surface area contributed by atoms with Crippen LogP contribution >= 0.6 is 23.4 Å². The van der Waals surface area contributed by atoms with Crippen LogP contribution in [-0.2, 0) is 17.8 Å². The van der Waals surface area contributed by atoms with Crippen LogP contribution in [0, 0.1) is 6.92 Å². The third-order valence-corrected chi connectivity index (χ3v) is 6.43. The molecule has 0 radical (unpaired) electrons. The minimum atomic E-state index is -0.205. The first-order valence-electron chi connectivity index (χ1n) is 10.9. The van der Waals surface area contributed by atoms with Gasteiger partial charge in [0.05, 0.1) is 22.7 Å². The van der Waals surface area contributed by atoms with Crippen LogP contribution in [0.3, 0.4) is 0 Å². The SMILES string of the molecule is CCc1ccc(N=C2NC(=O)/C(=C/c3cc(Cl)c(OCc4cccc(C)c4)c(OC)c3)S2)cc1. The van der Waals surface area contributed by atoms with Crippen LogP contribution in [0.15, 0.2) is 70.6 Å². The van der Waals surface area contributed by atoms with E-state index in [1.165, 1.54) is 17.3 Å². The van der Waals surface area contributed by atoms with Crippen LogP contribution in [-0.4, -0.2) is 18.2 Å². The molecule has 1 N–H and O–H groups in total. The van der Waals surface area contributed by atoms with Gasteiger partial charge in [-0.25, -0.2) is 4.99 Å². The highest BCUT2D eigenvalue weighted by Gasteiger charge is 2.24. The van der Waals surface area contributed by atoms with E-state index >= 15 is 0 Å². The first-order valence-corrected chi connectivity index (χ1v) is 12.1. The fourth-order valence-electron chi connectivity index (χ4n) is 3.48. The van der Waals surface area contributed by atoms with Crippen LogP contribution in [0.1, 0.15) is 29.2 Å². The number of rotatable bonds is 7. The first kappa shape index (κ1) is 23.9. The number of halogens is 1. The molecule has 1 aliphatic rings. The maximum absolute atomic E-state index is 12.5. The molecule has 1 fully saturated rings. The number of hydrogen-bond donors (Lipinski definition) is 1. The zero-order valence-electron chi connectivity index (χ0n) is 19.2. The maximum atomic E-state index is 12.5. The zero-order valence-corrected chi connectivity index (χ0v) is 20.8. The Morgan fingerprint density at radius 2 is 1.88 bits per heavy atom. The summed E-state index contributed by atoms with van der Waals surface area (Å²) >= 11 is 7.81. The van der Waals surface area contributed by atoms with Gasteiger partial charge in [0.1, 0.15) is 6.61 Å². The number of carbonyl (C=O) groups excluding carboxylic acids is 1. The lowest BCUT2D eigenvalue weighted by Gasteiger charge is -2.14. The largest absolute Gasteiger partial charge is 0.493 e. The second-order valence-corrected chi connectivity index (χ2v) is 9.25. The number of amidine groups is 1. The summed E-state index contributed by atoms with van der Waals surface area (Å²) in [6.07, 6.45) is 2.73. The van der Waals surface area contributed by atoms with Crippen molar-refractivity contribution in [1.82, 2.24) is 5.32 Å². The maximum Gasteiger partial charge on any atom is 0.264 e. The first-order chi connectivity index (χ1) is 16.4. The average Bonchev–Trinajstić information content (AvgIpc) is 3.16. The zero-order chi connectivity index (χ0) is 24.1. The molecule has 3 aromatic rings. The van der Waals surface area contributed by atoms with Crippen LogP contribution in [0.25, 0.3) is 6.08 Å². The van der Waals surface area contributed by atoms with E-state index in [-0.39, 0.29) is 5.91 Å². The number of aliphatic imine (C=N–C) groups is 1. The quantitative estimate of drug-likeness (QED) is 0.373. The van der Waals surface area contributed by atoms with Crippen molar-refractivity contribution in [3.05, 3.63) is 92.8 Å². The average molecular weight is 493 g/mol. The highest BCUT2D eigenvalue weighted by Crippen LogP contribution is 2.38. The monoisotopic (exact) mass is 492 g/mol. The van der Waals surface area contributed by atoms with E-state index < -0.39 is 0 Å². The molecule has 0 bridgehead atoms. The van der Waals surface area contributed by atoms with Gasteiger partial charge in [-0.2, -0.15) is 0 Å². The number of amides is 1. The third-order valence-electron chi connectivity index (χ3n) is 5.24. The summed E-state index contributed by atoms with van der Waals surface area (Å²) in [6, 6.07) is 19.6. The summed E-state index contributed by atoms with van der Waals surface area (Å²) in [5, 5.41) is 3.76. The van der Waals surface area contributed by atoms with Gasteiger partial charge in [0, 0.05) is 0 Å².